The molecule has 5 aromatic rings. The molecule has 7 nitrogen and oxygen atoms in total. The van der Waals surface area contributed by atoms with Crippen LogP contribution in [0.1, 0.15) is 40.5 Å². The number of nitrogens with zero attached hydrogens (tertiary/aromatic N) is 1. The molecule has 0 fully saturated rings. The second-order valence-corrected chi connectivity index (χ2v) is 11.7. The molecule has 216 valence electrons. The number of fused-ring (bicyclic) bond motifs is 3. The Bertz CT molecular complexity index is 1930. The molecule has 7 N–H and O–H groups in total. The Labute approximate surface area is 252 Å². The normalized spacial score (nSPS) is 13.7. The van der Waals surface area contributed by atoms with Crippen molar-refractivity contribution in [2.24, 2.45) is 10.7 Å². The van der Waals surface area contributed by atoms with Crippen LogP contribution in [0.15, 0.2) is 89.4 Å². The molecule has 1 aromatic heterocycles. The minimum atomic E-state index is -1.01. The first-order chi connectivity index (χ1) is 20.7. The molecule has 0 amide bonds. The third kappa shape index (κ3) is 5.17. The van der Waals surface area contributed by atoms with Crippen molar-refractivity contribution in [2.75, 3.05) is 0 Å². The first-order valence-electron chi connectivity index (χ1n) is 13.8. The lowest BCUT2D eigenvalue weighted by atomic mass is 9.94. The number of thiophene rings is 1. The summed E-state index contributed by atoms with van der Waals surface area (Å²) in [5, 5.41) is 51.5. The number of rotatable bonds is 6. The third-order valence-electron chi connectivity index (χ3n) is 7.72. The van der Waals surface area contributed by atoms with Gasteiger partial charge in [0.1, 0.15) is 5.84 Å². The Morgan fingerprint density at radius 3 is 2.16 bits per heavy atom. The Morgan fingerprint density at radius 1 is 0.791 bits per heavy atom. The maximum atomic E-state index is 10.3. The van der Waals surface area contributed by atoms with E-state index >= 15 is 0 Å². The molecule has 1 aliphatic rings. The van der Waals surface area contributed by atoms with Gasteiger partial charge in [-0.25, -0.2) is 4.99 Å². The number of nitrogens with two attached hydrogens (primary N) is 1. The summed E-state index contributed by atoms with van der Waals surface area (Å²) < 4.78 is 1.29. The lowest BCUT2D eigenvalue weighted by Gasteiger charge is -2.13. The molecule has 0 saturated heterocycles. The van der Waals surface area contributed by atoms with Crippen LogP contribution in [0, 0.1) is 0 Å². The molecule has 43 heavy (non-hydrogen) atoms. The highest BCUT2D eigenvalue weighted by molar-refractivity contribution is 7.19. The molecule has 4 aromatic carbocycles. The van der Waals surface area contributed by atoms with Gasteiger partial charge in [-0.05, 0) is 54.5 Å². The zero-order chi connectivity index (χ0) is 30.2. The van der Waals surface area contributed by atoms with Crippen LogP contribution in [-0.2, 0) is 12.8 Å². The van der Waals surface area contributed by atoms with Gasteiger partial charge >= 0.3 is 0 Å². The Hall–Kier alpha value is -5.21. The summed E-state index contributed by atoms with van der Waals surface area (Å²) in [6.45, 7) is 2.19. The van der Waals surface area contributed by atoms with Gasteiger partial charge in [0.05, 0.1) is 11.3 Å². The van der Waals surface area contributed by atoms with Gasteiger partial charge in [0.25, 0.3) is 0 Å². The van der Waals surface area contributed by atoms with Gasteiger partial charge in [0.2, 0.25) is 17.2 Å². The van der Waals surface area contributed by atoms with Crippen LogP contribution in [-0.4, -0.2) is 31.4 Å². The number of allylic oxidation sites excluding steroid dienone is 2. The van der Waals surface area contributed by atoms with Gasteiger partial charge in [-0.3, -0.25) is 0 Å². The Balaban J connectivity index is 1.36. The lowest BCUT2D eigenvalue weighted by molar-refractivity contribution is 0.330. The molecule has 6 rings (SSSR count). The highest BCUT2D eigenvalue weighted by Crippen LogP contribution is 2.54. The SMILES string of the molecule is CC1=Cc2c(sc3cccc(C/C=C(\N=C(N)c4ccc(-c5c(O)c(O)c(O)c(O)c5O)cc4)c4ccccc4)c23)CC1. The van der Waals surface area contributed by atoms with Crippen molar-refractivity contribution in [3.63, 3.8) is 0 Å². The number of phenols is 5. The highest BCUT2D eigenvalue weighted by atomic mass is 32.1. The summed E-state index contributed by atoms with van der Waals surface area (Å²) >= 11 is 1.87. The number of benzene rings is 4. The zero-order valence-corrected chi connectivity index (χ0v) is 24.2. The molecule has 0 radical (unpaired) electrons. The molecular formula is C35H30N2O5S. The largest absolute Gasteiger partial charge is 0.504 e. The molecular weight excluding hydrogens is 560 g/mol. The molecule has 0 atom stereocenters. The second kappa shape index (κ2) is 11.2. The van der Waals surface area contributed by atoms with E-state index in [0.717, 1.165) is 24.1 Å². The van der Waals surface area contributed by atoms with Crippen molar-refractivity contribution in [1.29, 1.82) is 0 Å². The number of amidine groups is 1. The van der Waals surface area contributed by atoms with Crippen molar-refractivity contribution in [2.45, 2.75) is 26.2 Å². The van der Waals surface area contributed by atoms with Crippen LogP contribution in [0.4, 0.5) is 0 Å². The topological polar surface area (TPSA) is 140 Å². The van der Waals surface area contributed by atoms with Crippen molar-refractivity contribution in [1.82, 2.24) is 0 Å². The maximum absolute atomic E-state index is 10.3. The molecule has 0 spiro atoms. The zero-order valence-electron chi connectivity index (χ0n) is 23.4. The van der Waals surface area contributed by atoms with Crippen LogP contribution in [0.5, 0.6) is 28.7 Å². The summed E-state index contributed by atoms with van der Waals surface area (Å²) in [5.74, 6) is -4.13. The van der Waals surface area contributed by atoms with E-state index in [9.17, 15) is 25.5 Å². The van der Waals surface area contributed by atoms with Gasteiger partial charge in [0, 0.05) is 20.5 Å². The second-order valence-electron chi connectivity index (χ2n) is 10.6. The Kier molecular flexibility index (Phi) is 7.29. The number of hydrogen-bond donors (Lipinski definition) is 6. The first kappa shape index (κ1) is 27.9. The van der Waals surface area contributed by atoms with E-state index in [1.807, 2.05) is 41.7 Å². The minimum Gasteiger partial charge on any atom is -0.504 e. The predicted octanol–water partition coefficient (Wildman–Crippen LogP) is 7.43. The van der Waals surface area contributed by atoms with E-state index < -0.39 is 28.7 Å². The number of hydrogen-bond acceptors (Lipinski definition) is 7. The fourth-order valence-electron chi connectivity index (χ4n) is 5.44. The van der Waals surface area contributed by atoms with Crippen LogP contribution in [0.3, 0.4) is 0 Å². The summed E-state index contributed by atoms with van der Waals surface area (Å²) in [7, 11) is 0. The molecule has 8 heteroatoms. The number of aliphatic imine (C=N–C) groups is 1. The molecule has 0 bridgehead atoms. The number of phenolic OH excluding ortho intramolecular Hbond substituents is 5. The predicted molar refractivity (Wildman–Crippen MR) is 173 cm³/mol. The highest BCUT2D eigenvalue weighted by Gasteiger charge is 2.24. The molecule has 0 saturated carbocycles. The Morgan fingerprint density at radius 2 is 1.47 bits per heavy atom. The van der Waals surface area contributed by atoms with Gasteiger partial charge in [-0.15, -0.1) is 11.3 Å². The van der Waals surface area contributed by atoms with Crippen LogP contribution < -0.4 is 5.73 Å². The van der Waals surface area contributed by atoms with Crippen molar-refractivity contribution < 1.29 is 25.5 Å². The van der Waals surface area contributed by atoms with Crippen molar-refractivity contribution in [3.8, 4) is 39.9 Å². The third-order valence-corrected chi connectivity index (χ3v) is 8.95. The first-order valence-corrected chi connectivity index (χ1v) is 14.6. The summed E-state index contributed by atoms with van der Waals surface area (Å²) in [4.78, 5) is 6.25. The van der Waals surface area contributed by atoms with Gasteiger partial charge in [-0.2, -0.15) is 0 Å². The summed E-state index contributed by atoms with van der Waals surface area (Å²) in [6, 6.07) is 22.7. The van der Waals surface area contributed by atoms with E-state index in [1.165, 1.54) is 31.7 Å². The summed E-state index contributed by atoms with van der Waals surface area (Å²) in [6.07, 6.45) is 7.26. The smallest absolute Gasteiger partial charge is 0.208 e. The maximum Gasteiger partial charge on any atom is 0.208 e. The van der Waals surface area contributed by atoms with E-state index in [-0.39, 0.29) is 17.0 Å². The van der Waals surface area contributed by atoms with E-state index in [2.05, 4.69) is 37.3 Å². The molecule has 0 unspecified atom stereocenters. The van der Waals surface area contributed by atoms with Crippen molar-refractivity contribution >= 4 is 39.0 Å². The summed E-state index contributed by atoms with van der Waals surface area (Å²) in [5.41, 5.74) is 12.7. The fourth-order valence-corrected chi connectivity index (χ4v) is 6.67. The standard InChI is InChI=1S/C35H30N2O5S/c1-19-10-17-26-24(18-19)28-21(8-5-9-27(28)43-26)15-16-25(20-6-3-2-4-7-20)37-35(36)23-13-11-22(12-14-23)29-30(38)32(40)34(42)33(41)31(29)39/h2-9,11-14,16,18,38-42H,10,15,17H2,1H3,(H2,36,37)/b25-16-. The molecule has 1 aliphatic carbocycles. The monoisotopic (exact) mass is 590 g/mol. The van der Waals surface area contributed by atoms with Crippen LogP contribution >= 0.6 is 11.3 Å². The van der Waals surface area contributed by atoms with E-state index in [4.69, 9.17) is 10.7 Å². The van der Waals surface area contributed by atoms with Gasteiger partial charge in [0.15, 0.2) is 11.5 Å². The van der Waals surface area contributed by atoms with Gasteiger partial charge < -0.3 is 31.3 Å². The number of aromatic hydroxyl groups is 5. The average molecular weight is 591 g/mol. The number of aryl methyl sites for hydroxylation is 1. The average Bonchev–Trinajstić information content (AvgIpc) is 3.40. The van der Waals surface area contributed by atoms with Crippen LogP contribution in [0.2, 0.25) is 0 Å². The van der Waals surface area contributed by atoms with Gasteiger partial charge in [-0.1, -0.05) is 84.5 Å². The minimum absolute atomic E-state index is 0.227. The van der Waals surface area contributed by atoms with Crippen LogP contribution in [0.25, 0.3) is 33.0 Å². The quantitative estimate of drug-likeness (QED) is 0.0526. The molecule has 0 aliphatic heterocycles. The van der Waals surface area contributed by atoms with E-state index in [1.54, 1.807) is 24.3 Å². The fraction of sp³-hybridized carbons (Fsp3) is 0.114. The van der Waals surface area contributed by atoms with E-state index in [0.29, 0.717) is 12.0 Å². The molecule has 1 heterocycles. The van der Waals surface area contributed by atoms with Crippen molar-refractivity contribution in [3.05, 3.63) is 112 Å². The lowest BCUT2D eigenvalue weighted by Crippen LogP contribution is -2.13.